The molecule has 2 aliphatic heterocycles. The van der Waals surface area contributed by atoms with E-state index in [2.05, 4.69) is 38.3 Å². The van der Waals surface area contributed by atoms with Crippen molar-refractivity contribution >= 4 is 23.5 Å². The molecule has 1 aromatic carbocycles. The summed E-state index contributed by atoms with van der Waals surface area (Å²) in [5, 5.41) is 12.4. The van der Waals surface area contributed by atoms with Crippen molar-refractivity contribution < 1.29 is 14.7 Å². The van der Waals surface area contributed by atoms with Gasteiger partial charge in [0.1, 0.15) is 5.82 Å². The number of pyridine rings is 1. The van der Waals surface area contributed by atoms with Crippen molar-refractivity contribution in [2.24, 2.45) is 0 Å². The zero-order valence-corrected chi connectivity index (χ0v) is 18.2. The monoisotopic (exact) mass is 437 g/mol. The first-order chi connectivity index (χ1) is 15.7. The molecule has 170 valence electrons. The van der Waals surface area contributed by atoms with Gasteiger partial charge in [0.25, 0.3) is 5.91 Å². The fraction of sp³-hybridized carbons (Fsp3) is 0.417. The Morgan fingerprint density at radius 2 is 1.88 bits per heavy atom. The third-order valence-corrected chi connectivity index (χ3v) is 6.04. The quantitative estimate of drug-likeness (QED) is 0.348. The summed E-state index contributed by atoms with van der Waals surface area (Å²) in [6.45, 7) is 6.04. The number of anilines is 2. The summed E-state index contributed by atoms with van der Waals surface area (Å²) >= 11 is 0. The molecule has 1 amide bonds. The van der Waals surface area contributed by atoms with Crippen molar-refractivity contribution in [2.45, 2.75) is 25.4 Å². The van der Waals surface area contributed by atoms with Gasteiger partial charge in [-0.2, -0.15) is 0 Å². The number of hydroxylamine groups is 1. The van der Waals surface area contributed by atoms with Crippen LogP contribution in [0.25, 0.3) is 6.08 Å². The van der Waals surface area contributed by atoms with Gasteiger partial charge in [-0.3, -0.25) is 10.0 Å². The van der Waals surface area contributed by atoms with Crippen LogP contribution in [0.3, 0.4) is 0 Å². The Bertz CT molecular complexity index is 904. The van der Waals surface area contributed by atoms with E-state index in [9.17, 15) is 4.79 Å². The number of hydrogen-bond donors (Lipinski definition) is 3. The smallest absolute Gasteiger partial charge is 0.267 e. The molecule has 4 rings (SSSR count). The molecule has 0 bridgehead atoms. The second-order valence-corrected chi connectivity index (χ2v) is 8.13. The highest BCUT2D eigenvalue weighted by molar-refractivity contribution is 5.91. The fourth-order valence-corrected chi connectivity index (χ4v) is 4.21. The molecular formula is C24H31N5O3. The minimum Gasteiger partial charge on any atom is -0.378 e. The molecule has 0 aliphatic carbocycles. The number of amides is 1. The molecule has 0 saturated carbocycles. The van der Waals surface area contributed by atoms with Gasteiger partial charge in [0.15, 0.2) is 0 Å². The van der Waals surface area contributed by atoms with Crippen molar-refractivity contribution in [1.29, 1.82) is 0 Å². The summed E-state index contributed by atoms with van der Waals surface area (Å²) in [5.41, 5.74) is 4.90. The lowest BCUT2D eigenvalue weighted by Gasteiger charge is -2.35. The van der Waals surface area contributed by atoms with E-state index in [0.717, 1.165) is 75.8 Å². The Kier molecular flexibility index (Phi) is 7.71. The molecule has 32 heavy (non-hydrogen) atoms. The maximum atomic E-state index is 11.3. The van der Waals surface area contributed by atoms with Crippen molar-refractivity contribution in [3.63, 3.8) is 0 Å². The standard InChI is InChI=1S/C24H31N5O3/c30-24(27-31)8-6-20-3-1-2-4-22(20)28-11-9-21(10-12-28)25-17-19-5-7-23(26-18-19)29-13-15-32-16-14-29/h1-8,18,21,25,31H,9-17H2,(H,27,30). The highest BCUT2D eigenvalue weighted by Gasteiger charge is 2.20. The van der Waals surface area contributed by atoms with E-state index in [1.165, 1.54) is 11.6 Å². The van der Waals surface area contributed by atoms with E-state index < -0.39 is 5.91 Å². The Morgan fingerprint density at radius 1 is 1.09 bits per heavy atom. The summed E-state index contributed by atoms with van der Waals surface area (Å²) in [6, 6.07) is 12.7. The lowest BCUT2D eigenvalue weighted by molar-refractivity contribution is -0.124. The predicted octanol–water partition coefficient (Wildman–Crippen LogP) is 2.20. The Hall–Kier alpha value is -2.94. The van der Waals surface area contributed by atoms with Crippen LogP contribution in [-0.4, -0.2) is 61.5 Å². The molecule has 2 aromatic rings. The van der Waals surface area contributed by atoms with Gasteiger partial charge in [-0.15, -0.1) is 0 Å². The van der Waals surface area contributed by atoms with Crippen LogP contribution in [0, 0.1) is 0 Å². The van der Waals surface area contributed by atoms with E-state index in [1.807, 2.05) is 24.4 Å². The summed E-state index contributed by atoms with van der Waals surface area (Å²) in [5.74, 6) is 0.490. The molecule has 3 N–H and O–H groups in total. The van der Waals surface area contributed by atoms with Crippen LogP contribution >= 0.6 is 0 Å². The highest BCUT2D eigenvalue weighted by Crippen LogP contribution is 2.25. The Balaban J connectivity index is 1.27. The molecule has 8 nitrogen and oxygen atoms in total. The first kappa shape index (κ1) is 22.3. The molecule has 2 aliphatic rings. The van der Waals surface area contributed by atoms with Crippen LogP contribution in [0.4, 0.5) is 11.5 Å². The SMILES string of the molecule is O=C(C=Cc1ccccc1N1CCC(NCc2ccc(N3CCOCC3)nc2)CC1)NO. The first-order valence-electron chi connectivity index (χ1n) is 11.2. The van der Waals surface area contributed by atoms with Crippen LogP contribution in [0.15, 0.2) is 48.7 Å². The number of aromatic nitrogens is 1. The van der Waals surface area contributed by atoms with Crippen LogP contribution < -0.4 is 20.6 Å². The zero-order valence-electron chi connectivity index (χ0n) is 18.2. The maximum Gasteiger partial charge on any atom is 0.267 e. The first-order valence-corrected chi connectivity index (χ1v) is 11.2. The van der Waals surface area contributed by atoms with Gasteiger partial charge in [0.2, 0.25) is 0 Å². The number of rotatable bonds is 7. The summed E-state index contributed by atoms with van der Waals surface area (Å²) in [4.78, 5) is 20.6. The van der Waals surface area contributed by atoms with Crippen LogP contribution in [0.5, 0.6) is 0 Å². The molecular weight excluding hydrogens is 406 g/mol. The second-order valence-electron chi connectivity index (χ2n) is 8.13. The number of piperidine rings is 1. The number of hydrogen-bond acceptors (Lipinski definition) is 7. The zero-order chi connectivity index (χ0) is 22.2. The van der Waals surface area contributed by atoms with E-state index in [-0.39, 0.29) is 0 Å². The van der Waals surface area contributed by atoms with Gasteiger partial charge in [-0.05, 0) is 42.2 Å². The summed E-state index contributed by atoms with van der Waals surface area (Å²) < 4.78 is 5.41. The summed E-state index contributed by atoms with van der Waals surface area (Å²) in [7, 11) is 0. The van der Waals surface area contributed by atoms with Gasteiger partial charge < -0.3 is 19.9 Å². The molecule has 1 aromatic heterocycles. The van der Waals surface area contributed by atoms with E-state index in [4.69, 9.17) is 9.94 Å². The lowest BCUT2D eigenvalue weighted by atomic mass is 10.0. The largest absolute Gasteiger partial charge is 0.378 e. The predicted molar refractivity (Wildman–Crippen MR) is 125 cm³/mol. The molecule has 2 fully saturated rings. The Labute approximate surface area is 188 Å². The average molecular weight is 438 g/mol. The number of morpholine rings is 1. The minimum absolute atomic E-state index is 0.466. The van der Waals surface area contributed by atoms with Crippen LogP contribution in [0.1, 0.15) is 24.0 Å². The van der Waals surface area contributed by atoms with Crippen molar-refractivity contribution in [3.8, 4) is 0 Å². The number of carbonyl (C=O) groups is 1. The van der Waals surface area contributed by atoms with Gasteiger partial charge in [0, 0.05) is 56.7 Å². The van der Waals surface area contributed by atoms with Gasteiger partial charge in [-0.25, -0.2) is 10.5 Å². The molecule has 2 saturated heterocycles. The van der Waals surface area contributed by atoms with Gasteiger partial charge >= 0.3 is 0 Å². The van der Waals surface area contributed by atoms with Crippen molar-refractivity contribution in [2.75, 3.05) is 49.2 Å². The minimum atomic E-state index is -0.532. The lowest BCUT2D eigenvalue weighted by Crippen LogP contribution is -2.42. The van der Waals surface area contributed by atoms with E-state index in [1.54, 1.807) is 11.6 Å². The number of para-hydroxylation sites is 1. The third kappa shape index (κ3) is 5.85. The second kappa shape index (κ2) is 11.1. The number of nitrogens with zero attached hydrogens (tertiary/aromatic N) is 3. The van der Waals surface area contributed by atoms with Crippen molar-refractivity contribution in [3.05, 3.63) is 59.8 Å². The number of ether oxygens (including phenoxy) is 1. The maximum absolute atomic E-state index is 11.3. The van der Waals surface area contributed by atoms with Crippen LogP contribution in [-0.2, 0) is 16.1 Å². The molecule has 0 spiro atoms. The van der Waals surface area contributed by atoms with Gasteiger partial charge in [0.05, 0.1) is 13.2 Å². The third-order valence-electron chi connectivity index (χ3n) is 6.04. The van der Waals surface area contributed by atoms with Crippen molar-refractivity contribution in [1.82, 2.24) is 15.8 Å². The van der Waals surface area contributed by atoms with E-state index in [0.29, 0.717) is 6.04 Å². The Morgan fingerprint density at radius 3 is 2.59 bits per heavy atom. The molecule has 0 atom stereocenters. The normalized spacial score (nSPS) is 17.7. The molecule has 3 heterocycles. The molecule has 0 unspecified atom stereocenters. The fourth-order valence-electron chi connectivity index (χ4n) is 4.21. The number of carbonyl (C=O) groups excluding carboxylic acids is 1. The molecule has 8 heteroatoms. The topological polar surface area (TPSA) is 90.0 Å². The highest BCUT2D eigenvalue weighted by atomic mass is 16.5. The number of nitrogens with one attached hydrogen (secondary N) is 2. The van der Waals surface area contributed by atoms with Gasteiger partial charge in [-0.1, -0.05) is 24.3 Å². The van der Waals surface area contributed by atoms with E-state index >= 15 is 0 Å². The van der Waals surface area contributed by atoms with Crippen LogP contribution in [0.2, 0.25) is 0 Å². The average Bonchev–Trinajstić information content (AvgIpc) is 2.87. The summed E-state index contributed by atoms with van der Waals surface area (Å²) in [6.07, 6.45) is 7.14. The molecule has 0 radical (unpaired) electrons. The number of benzene rings is 1.